The first-order chi connectivity index (χ1) is 12.6. The van der Waals surface area contributed by atoms with Gasteiger partial charge < -0.3 is 19.7 Å². The molecule has 0 radical (unpaired) electrons. The van der Waals surface area contributed by atoms with Crippen LogP contribution in [0.25, 0.3) is 6.08 Å². The summed E-state index contributed by atoms with van der Waals surface area (Å²) in [5.74, 6) is -0.554. The van der Waals surface area contributed by atoms with Gasteiger partial charge in [-0.3, -0.25) is 9.59 Å². The highest BCUT2D eigenvalue weighted by Crippen LogP contribution is 2.29. The molecule has 150 valence electrons. The molecule has 1 rings (SSSR count). The van der Waals surface area contributed by atoms with Gasteiger partial charge in [-0.2, -0.15) is 8.78 Å². The van der Waals surface area contributed by atoms with Gasteiger partial charge >= 0.3 is 6.61 Å². The summed E-state index contributed by atoms with van der Waals surface area (Å²) in [5, 5.41) is 2.80. The zero-order chi connectivity index (χ0) is 20.6. The average molecular weight is 384 g/mol. The number of nitrogens with zero attached hydrogens (tertiary/aromatic N) is 1. The lowest BCUT2D eigenvalue weighted by atomic mass is 10.1. The minimum atomic E-state index is -2.96. The fourth-order valence-electron chi connectivity index (χ4n) is 2.23. The highest BCUT2D eigenvalue weighted by molar-refractivity contribution is 5.94. The molecule has 0 spiro atoms. The molecule has 0 heterocycles. The van der Waals surface area contributed by atoms with Crippen LogP contribution in [0.5, 0.6) is 11.5 Å². The number of benzene rings is 1. The first-order valence-corrected chi connectivity index (χ1v) is 8.46. The molecule has 0 fully saturated rings. The van der Waals surface area contributed by atoms with Gasteiger partial charge in [-0.15, -0.1) is 0 Å². The van der Waals surface area contributed by atoms with E-state index in [1.54, 1.807) is 6.92 Å². The zero-order valence-electron chi connectivity index (χ0n) is 16.2. The van der Waals surface area contributed by atoms with Crippen molar-refractivity contribution >= 4 is 17.9 Å². The van der Waals surface area contributed by atoms with Crippen LogP contribution >= 0.6 is 0 Å². The normalized spacial score (nSPS) is 11.6. The molecule has 0 aromatic heterocycles. The number of ether oxygens (including phenoxy) is 2. The van der Waals surface area contributed by atoms with E-state index in [1.165, 1.54) is 42.4 Å². The summed E-state index contributed by atoms with van der Waals surface area (Å²) in [6.45, 7) is 4.70. The summed E-state index contributed by atoms with van der Waals surface area (Å²) >= 11 is 0. The van der Waals surface area contributed by atoms with Gasteiger partial charge in [0.15, 0.2) is 11.5 Å². The van der Waals surface area contributed by atoms with Crippen LogP contribution in [0.15, 0.2) is 24.3 Å². The van der Waals surface area contributed by atoms with Crippen molar-refractivity contribution in [2.75, 3.05) is 20.2 Å². The highest BCUT2D eigenvalue weighted by atomic mass is 19.3. The molecule has 1 N–H and O–H groups in total. The van der Waals surface area contributed by atoms with Crippen molar-refractivity contribution in [3.05, 3.63) is 29.8 Å². The van der Waals surface area contributed by atoms with Crippen LogP contribution in [-0.2, 0) is 9.59 Å². The number of carbonyl (C=O) groups is 2. The van der Waals surface area contributed by atoms with Crippen molar-refractivity contribution in [2.24, 2.45) is 0 Å². The highest BCUT2D eigenvalue weighted by Gasteiger charge is 2.18. The number of alkyl halides is 2. The summed E-state index contributed by atoms with van der Waals surface area (Å²) in [4.78, 5) is 25.7. The molecule has 0 aliphatic rings. The molecule has 6 nitrogen and oxygen atoms in total. The van der Waals surface area contributed by atoms with E-state index >= 15 is 0 Å². The minimum absolute atomic E-state index is 0.0541. The molecule has 0 saturated heterocycles. The number of halogens is 2. The molecule has 0 bridgehead atoms. The molecule has 0 aliphatic heterocycles. The van der Waals surface area contributed by atoms with E-state index < -0.39 is 6.61 Å². The Morgan fingerprint density at radius 2 is 1.93 bits per heavy atom. The van der Waals surface area contributed by atoms with Crippen molar-refractivity contribution < 1.29 is 27.8 Å². The molecule has 8 heteroatoms. The predicted octanol–water partition coefficient (Wildman–Crippen LogP) is 3.07. The van der Waals surface area contributed by atoms with Crippen LogP contribution in [0, 0.1) is 0 Å². The molecule has 0 saturated carbocycles. The maximum atomic E-state index is 12.4. The third-order valence-electron chi connectivity index (χ3n) is 3.36. The molecule has 2 amide bonds. The van der Waals surface area contributed by atoms with Crippen LogP contribution in [-0.4, -0.2) is 49.1 Å². The molecule has 0 aliphatic carbocycles. The fourth-order valence-corrected chi connectivity index (χ4v) is 2.23. The van der Waals surface area contributed by atoms with Gasteiger partial charge in [-0.1, -0.05) is 6.07 Å². The first-order valence-electron chi connectivity index (χ1n) is 8.46. The first kappa shape index (κ1) is 22.4. The second-order valence-corrected chi connectivity index (χ2v) is 6.77. The Balaban J connectivity index is 2.81. The number of rotatable bonds is 8. The number of nitrogens with one attached hydrogen (secondary N) is 1. The van der Waals surface area contributed by atoms with E-state index in [4.69, 9.17) is 4.74 Å². The van der Waals surface area contributed by atoms with Gasteiger partial charge in [0.1, 0.15) is 0 Å². The Kier molecular flexibility index (Phi) is 8.21. The van der Waals surface area contributed by atoms with Crippen LogP contribution in [0.2, 0.25) is 0 Å². The lowest BCUT2D eigenvalue weighted by molar-refractivity contribution is -0.132. The number of methoxy groups -OCH3 is 1. The molecule has 0 atom stereocenters. The lowest BCUT2D eigenvalue weighted by Crippen LogP contribution is -2.47. The Hall–Kier alpha value is -2.64. The third kappa shape index (κ3) is 8.06. The molecule has 1 aromatic carbocycles. The van der Waals surface area contributed by atoms with E-state index in [1.807, 2.05) is 20.8 Å². The smallest absolute Gasteiger partial charge is 0.387 e. The standard InChI is InChI=1S/C19H26F2N2O4/c1-6-23(12-16(24)22-19(2,3)4)17(25)10-8-13-7-9-14(27-18(20)21)15(11-13)26-5/h7-11,18H,6,12H2,1-5H3,(H,22,24)/b10-8+. The summed E-state index contributed by atoms with van der Waals surface area (Å²) < 4.78 is 34.1. The van der Waals surface area contributed by atoms with Crippen molar-refractivity contribution in [3.8, 4) is 11.5 Å². The summed E-state index contributed by atoms with van der Waals surface area (Å²) in [7, 11) is 1.33. The number of amides is 2. The lowest BCUT2D eigenvalue weighted by Gasteiger charge is -2.24. The van der Waals surface area contributed by atoms with E-state index in [2.05, 4.69) is 10.1 Å². The molecular weight excluding hydrogens is 358 g/mol. The Morgan fingerprint density at radius 3 is 2.44 bits per heavy atom. The number of hydrogen-bond donors (Lipinski definition) is 1. The quantitative estimate of drug-likeness (QED) is 0.700. The molecule has 0 unspecified atom stereocenters. The second-order valence-electron chi connectivity index (χ2n) is 6.77. The van der Waals surface area contributed by atoms with E-state index in [9.17, 15) is 18.4 Å². The predicted molar refractivity (Wildman–Crippen MR) is 98.8 cm³/mol. The summed E-state index contributed by atoms with van der Waals surface area (Å²) in [6, 6.07) is 4.33. The van der Waals surface area contributed by atoms with Gasteiger partial charge in [-0.25, -0.2) is 0 Å². The van der Waals surface area contributed by atoms with E-state index in [-0.39, 0.29) is 35.4 Å². The van der Waals surface area contributed by atoms with Gasteiger partial charge in [-0.05, 0) is 51.5 Å². The molecule has 1 aromatic rings. The minimum Gasteiger partial charge on any atom is -0.493 e. The Morgan fingerprint density at radius 1 is 1.26 bits per heavy atom. The van der Waals surface area contributed by atoms with Crippen molar-refractivity contribution in [1.82, 2.24) is 10.2 Å². The average Bonchev–Trinajstić information content (AvgIpc) is 2.56. The Labute approximate surface area is 158 Å². The maximum absolute atomic E-state index is 12.4. The van der Waals surface area contributed by atoms with Crippen LogP contribution in [0.1, 0.15) is 33.3 Å². The topological polar surface area (TPSA) is 67.9 Å². The van der Waals surface area contributed by atoms with Gasteiger partial charge in [0, 0.05) is 18.2 Å². The number of hydrogen-bond acceptors (Lipinski definition) is 4. The van der Waals surface area contributed by atoms with Gasteiger partial charge in [0.05, 0.1) is 13.7 Å². The van der Waals surface area contributed by atoms with Crippen molar-refractivity contribution in [3.63, 3.8) is 0 Å². The second kappa shape index (κ2) is 9.89. The zero-order valence-corrected chi connectivity index (χ0v) is 16.2. The van der Waals surface area contributed by atoms with E-state index in [0.717, 1.165) is 0 Å². The maximum Gasteiger partial charge on any atom is 0.387 e. The SMILES string of the molecule is CCN(CC(=O)NC(C)(C)C)C(=O)/C=C/c1ccc(OC(F)F)c(OC)c1. The number of likely N-dealkylation sites (N-methyl/N-ethyl adjacent to an activating group) is 1. The van der Waals surface area contributed by atoms with Crippen molar-refractivity contribution in [2.45, 2.75) is 39.8 Å². The fraction of sp³-hybridized carbons (Fsp3) is 0.474. The van der Waals surface area contributed by atoms with Gasteiger partial charge in [0.25, 0.3) is 0 Å². The van der Waals surface area contributed by atoms with Crippen molar-refractivity contribution in [1.29, 1.82) is 0 Å². The van der Waals surface area contributed by atoms with Crippen LogP contribution in [0.3, 0.4) is 0 Å². The van der Waals surface area contributed by atoms with Gasteiger partial charge in [0.2, 0.25) is 11.8 Å². The largest absolute Gasteiger partial charge is 0.493 e. The number of carbonyl (C=O) groups excluding carboxylic acids is 2. The summed E-state index contributed by atoms with van der Waals surface area (Å²) in [6.07, 6.45) is 2.83. The van der Waals surface area contributed by atoms with E-state index in [0.29, 0.717) is 12.1 Å². The molecular formula is C19H26F2N2O4. The molecule has 27 heavy (non-hydrogen) atoms. The third-order valence-corrected chi connectivity index (χ3v) is 3.36. The summed E-state index contributed by atoms with van der Waals surface area (Å²) in [5.41, 5.74) is 0.186. The van der Waals surface area contributed by atoms with Crippen LogP contribution < -0.4 is 14.8 Å². The van der Waals surface area contributed by atoms with Crippen LogP contribution in [0.4, 0.5) is 8.78 Å². The Bertz CT molecular complexity index is 685. The monoisotopic (exact) mass is 384 g/mol.